The highest BCUT2D eigenvalue weighted by molar-refractivity contribution is 6.00. The Labute approximate surface area is 118 Å². The number of anilines is 2. The van der Waals surface area contributed by atoms with Crippen LogP contribution in [0.3, 0.4) is 0 Å². The zero-order chi connectivity index (χ0) is 14.9. The molecule has 1 amide bonds. The average Bonchev–Trinajstić information content (AvgIpc) is 2.45. The first-order chi connectivity index (χ1) is 9.43. The Morgan fingerprint density at radius 1 is 1.10 bits per heavy atom. The van der Waals surface area contributed by atoms with Crippen LogP contribution in [0.15, 0.2) is 24.3 Å². The highest BCUT2D eigenvalue weighted by Crippen LogP contribution is 2.33. The molecule has 0 fully saturated rings. The lowest BCUT2D eigenvalue weighted by molar-refractivity contribution is -0.145. The van der Waals surface area contributed by atoms with Gasteiger partial charge in [-0.1, -0.05) is 26.0 Å². The molecule has 5 nitrogen and oxygen atoms in total. The molecule has 1 aromatic rings. The zero-order valence-corrected chi connectivity index (χ0v) is 12.0. The Hall–Kier alpha value is -2.04. The molecule has 0 aliphatic carbocycles. The zero-order valence-electron chi connectivity index (χ0n) is 12.0. The van der Waals surface area contributed by atoms with Gasteiger partial charge in [0.25, 0.3) is 0 Å². The number of carboxylic acids is 1. The number of fused-ring (bicyclic) bond motifs is 1. The summed E-state index contributed by atoms with van der Waals surface area (Å²) >= 11 is 0. The van der Waals surface area contributed by atoms with Gasteiger partial charge < -0.3 is 14.9 Å². The summed E-state index contributed by atoms with van der Waals surface area (Å²) in [7, 11) is 1.99. The van der Waals surface area contributed by atoms with E-state index in [1.165, 1.54) is 0 Å². The van der Waals surface area contributed by atoms with Crippen molar-refractivity contribution in [1.29, 1.82) is 0 Å². The number of likely N-dealkylation sites (N-methyl/N-ethyl adjacent to an activating group) is 1. The van der Waals surface area contributed by atoms with Crippen molar-refractivity contribution in [3.63, 3.8) is 0 Å². The van der Waals surface area contributed by atoms with Crippen LogP contribution in [-0.2, 0) is 9.59 Å². The lowest BCUT2D eigenvalue weighted by Crippen LogP contribution is -2.46. The van der Waals surface area contributed by atoms with Crippen molar-refractivity contribution in [3.8, 4) is 0 Å². The monoisotopic (exact) mass is 276 g/mol. The third kappa shape index (κ3) is 2.48. The molecule has 0 saturated carbocycles. The summed E-state index contributed by atoms with van der Waals surface area (Å²) in [5.41, 5.74) is 1.86. The van der Waals surface area contributed by atoms with E-state index < -0.39 is 17.8 Å². The Kier molecular flexibility index (Phi) is 3.97. The van der Waals surface area contributed by atoms with Crippen LogP contribution in [0, 0.1) is 11.8 Å². The number of para-hydroxylation sites is 2. The maximum atomic E-state index is 12.6. The predicted octanol–water partition coefficient (Wildman–Crippen LogP) is 1.83. The quantitative estimate of drug-likeness (QED) is 0.915. The molecule has 1 aliphatic heterocycles. The highest BCUT2D eigenvalue weighted by Gasteiger charge is 2.32. The summed E-state index contributed by atoms with van der Waals surface area (Å²) in [6.45, 7) is 4.59. The van der Waals surface area contributed by atoms with Crippen molar-refractivity contribution in [2.45, 2.75) is 13.8 Å². The van der Waals surface area contributed by atoms with Gasteiger partial charge in [0.15, 0.2) is 0 Å². The molecule has 1 aromatic carbocycles. The fourth-order valence-corrected chi connectivity index (χ4v) is 2.41. The van der Waals surface area contributed by atoms with Gasteiger partial charge in [0.05, 0.1) is 17.3 Å². The Bertz CT molecular complexity index is 530. The summed E-state index contributed by atoms with van der Waals surface area (Å²) in [5.74, 6) is -2.29. The molecule has 5 heteroatoms. The lowest BCUT2D eigenvalue weighted by Gasteiger charge is -2.37. The van der Waals surface area contributed by atoms with Crippen molar-refractivity contribution in [2.75, 3.05) is 29.9 Å². The molecular formula is C15H20N2O3. The average molecular weight is 276 g/mol. The van der Waals surface area contributed by atoms with E-state index in [2.05, 4.69) is 4.90 Å². The van der Waals surface area contributed by atoms with E-state index in [0.717, 1.165) is 17.9 Å². The molecule has 2 unspecified atom stereocenters. The van der Waals surface area contributed by atoms with Gasteiger partial charge in [0, 0.05) is 26.1 Å². The van der Waals surface area contributed by atoms with Gasteiger partial charge >= 0.3 is 5.97 Å². The van der Waals surface area contributed by atoms with E-state index in [1.54, 1.807) is 18.7 Å². The number of hydrogen-bond acceptors (Lipinski definition) is 3. The number of rotatable bonds is 3. The largest absolute Gasteiger partial charge is 0.481 e. The number of carbonyl (C=O) groups excluding carboxylic acids is 1. The third-order valence-electron chi connectivity index (χ3n) is 4.04. The molecule has 0 spiro atoms. The molecular weight excluding hydrogens is 256 g/mol. The highest BCUT2D eigenvalue weighted by atomic mass is 16.4. The van der Waals surface area contributed by atoms with Crippen LogP contribution in [-0.4, -0.2) is 37.1 Å². The minimum atomic E-state index is -0.937. The Morgan fingerprint density at radius 3 is 2.30 bits per heavy atom. The Morgan fingerprint density at radius 2 is 1.70 bits per heavy atom. The maximum absolute atomic E-state index is 12.6. The minimum absolute atomic E-state index is 0.125. The predicted molar refractivity (Wildman–Crippen MR) is 78.0 cm³/mol. The van der Waals surface area contributed by atoms with Gasteiger partial charge in [0.2, 0.25) is 5.91 Å². The van der Waals surface area contributed by atoms with Gasteiger partial charge in [-0.25, -0.2) is 0 Å². The smallest absolute Gasteiger partial charge is 0.307 e. The van der Waals surface area contributed by atoms with Crippen LogP contribution in [0.5, 0.6) is 0 Å². The molecule has 0 saturated heterocycles. The van der Waals surface area contributed by atoms with Crippen LogP contribution >= 0.6 is 0 Å². The first-order valence-electron chi connectivity index (χ1n) is 6.78. The summed E-state index contributed by atoms with van der Waals surface area (Å²) < 4.78 is 0. The van der Waals surface area contributed by atoms with E-state index in [4.69, 9.17) is 5.11 Å². The van der Waals surface area contributed by atoms with Crippen LogP contribution in [0.25, 0.3) is 0 Å². The van der Waals surface area contributed by atoms with Crippen molar-refractivity contribution in [2.24, 2.45) is 11.8 Å². The molecule has 2 atom stereocenters. The van der Waals surface area contributed by atoms with Crippen LogP contribution in [0.1, 0.15) is 13.8 Å². The van der Waals surface area contributed by atoms with E-state index >= 15 is 0 Å². The van der Waals surface area contributed by atoms with E-state index in [1.807, 2.05) is 31.3 Å². The first kappa shape index (κ1) is 14.4. The number of benzene rings is 1. The van der Waals surface area contributed by atoms with Crippen LogP contribution < -0.4 is 9.80 Å². The fraction of sp³-hybridized carbons (Fsp3) is 0.467. The number of hydrogen-bond donors (Lipinski definition) is 1. The van der Waals surface area contributed by atoms with Crippen molar-refractivity contribution < 1.29 is 14.7 Å². The second kappa shape index (κ2) is 5.53. The van der Waals surface area contributed by atoms with Crippen molar-refractivity contribution in [3.05, 3.63) is 24.3 Å². The summed E-state index contributed by atoms with van der Waals surface area (Å²) in [5, 5.41) is 9.06. The molecule has 108 valence electrons. The van der Waals surface area contributed by atoms with Crippen LogP contribution in [0.2, 0.25) is 0 Å². The number of nitrogens with zero attached hydrogens (tertiary/aromatic N) is 2. The molecule has 1 heterocycles. The molecule has 20 heavy (non-hydrogen) atoms. The third-order valence-corrected chi connectivity index (χ3v) is 4.04. The summed E-state index contributed by atoms with van der Waals surface area (Å²) in [4.78, 5) is 27.4. The SMILES string of the molecule is CC(C(=O)O)C(C)C(=O)N1CCN(C)c2ccccc21. The lowest BCUT2D eigenvalue weighted by atomic mass is 9.94. The second-order valence-electron chi connectivity index (χ2n) is 5.32. The number of carboxylic acid groups (broad SMARTS) is 1. The first-order valence-corrected chi connectivity index (χ1v) is 6.78. The van der Waals surface area contributed by atoms with Gasteiger partial charge in [-0.2, -0.15) is 0 Å². The van der Waals surface area contributed by atoms with Crippen molar-refractivity contribution >= 4 is 23.3 Å². The molecule has 1 aliphatic rings. The molecule has 0 radical (unpaired) electrons. The van der Waals surface area contributed by atoms with Gasteiger partial charge in [0.1, 0.15) is 0 Å². The maximum Gasteiger partial charge on any atom is 0.307 e. The molecule has 2 rings (SSSR count). The number of aliphatic carboxylic acids is 1. The van der Waals surface area contributed by atoms with Gasteiger partial charge in [-0.3, -0.25) is 9.59 Å². The van der Waals surface area contributed by atoms with Crippen LogP contribution in [0.4, 0.5) is 11.4 Å². The van der Waals surface area contributed by atoms with E-state index in [0.29, 0.717) is 6.54 Å². The van der Waals surface area contributed by atoms with Gasteiger partial charge in [-0.15, -0.1) is 0 Å². The van der Waals surface area contributed by atoms with Crippen molar-refractivity contribution in [1.82, 2.24) is 0 Å². The topological polar surface area (TPSA) is 60.9 Å². The van der Waals surface area contributed by atoms with Gasteiger partial charge in [-0.05, 0) is 12.1 Å². The fourth-order valence-electron chi connectivity index (χ4n) is 2.41. The van der Waals surface area contributed by atoms with E-state index in [-0.39, 0.29) is 5.91 Å². The standard InChI is InChI=1S/C15H20N2O3/c1-10(11(2)15(19)20)14(18)17-9-8-16(3)12-6-4-5-7-13(12)17/h4-7,10-11H,8-9H2,1-3H3,(H,19,20). The summed E-state index contributed by atoms with van der Waals surface area (Å²) in [6, 6.07) is 7.71. The summed E-state index contributed by atoms with van der Waals surface area (Å²) in [6.07, 6.45) is 0. The normalized spacial score (nSPS) is 17.4. The molecule has 0 aromatic heterocycles. The number of amides is 1. The second-order valence-corrected chi connectivity index (χ2v) is 5.32. The molecule has 1 N–H and O–H groups in total. The number of carbonyl (C=O) groups is 2. The van der Waals surface area contributed by atoms with E-state index in [9.17, 15) is 9.59 Å². The Balaban J connectivity index is 2.28. The minimum Gasteiger partial charge on any atom is -0.481 e. The molecule has 0 bridgehead atoms.